The summed E-state index contributed by atoms with van der Waals surface area (Å²) in [6.07, 6.45) is 7.20. The molecular formula is C20H26N4O. The summed E-state index contributed by atoms with van der Waals surface area (Å²) in [6.45, 7) is 3.96. The fraction of sp³-hybridized carbons (Fsp3) is 0.400. The molecule has 2 heterocycles. The largest absolute Gasteiger partial charge is 0.338 e. The Morgan fingerprint density at radius 3 is 2.76 bits per heavy atom. The van der Waals surface area contributed by atoms with Gasteiger partial charge >= 0.3 is 6.03 Å². The van der Waals surface area contributed by atoms with Crippen molar-refractivity contribution < 1.29 is 4.79 Å². The van der Waals surface area contributed by atoms with Crippen LogP contribution in [0, 0.1) is 5.92 Å². The highest BCUT2D eigenvalue weighted by molar-refractivity contribution is 5.89. The van der Waals surface area contributed by atoms with Gasteiger partial charge in [-0.1, -0.05) is 18.2 Å². The number of carbonyl (C=O) groups is 1. The van der Waals surface area contributed by atoms with E-state index in [1.165, 1.54) is 18.4 Å². The second-order valence-corrected chi connectivity index (χ2v) is 6.63. The van der Waals surface area contributed by atoms with Crippen molar-refractivity contribution >= 4 is 11.7 Å². The van der Waals surface area contributed by atoms with Gasteiger partial charge in [0.25, 0.3) is 0 Å². The number of piperidine rings is 1. The number of hydrogen-bond acceptors (Lipinski definition) is 3. The van der Waals surface area contributed by atoms with Crippen LogP contribution in [0.3, 0.4) is 0 Å². The molecule has 2 amide bonds. The Kier molecular flexibility index (Phi) is 6.40. The van der Waals surface area contributed by atoms with Crippen LogP contribution in [0.5, 0.6) is 0 Å². The lowest BCUT2D eigenvalue weighted by Gasteiger charge is -2.32. The van der Waals surface area contributed by atoms with Crippen molar-refractivity contribution in [3.63, 3.8) is 0 Å². The van der Waals surface area contributed by atoms with Gasteiger partial charge in [0.1, 0.15) is 0 Å². The van der Waals surface area contributed by atoms with Crippen LogP contribution in [0.2, 0.25) is 0 Å². The molecule has 0 unspecified atom stereocenters. The summed E-state index contributed by atoms with van der Waals surface area (Å²) in [5, 5.41) is 5.82. The maximum absolute atomic E-state index is 11.9. The zero-order valence-corrected chi connectivity index (χ0v) is 14.5. The smallest absolute Gasteiger partial charge is 0.319 e. The Hall–Kier alpha value is -2.40. The van der Waals surface area contributed by atoms with Gasteiger partial charge in [-0.25, -0.2) is 4.79 Å². The van der Waals surface area contributed by atoms with E-state index >= 15 is 0 Å². The van der Waals surface area contributed by atoms with Gasteiger partial charge in [0, 0.05) is 37.7 Å². The molecule has 0 radical (unpaired) electrons. The molecule has 132 valence electrons. The highest BCUT2D eigenvalue weighted by atomic mass is 16.2. The zero-order valence-electron chi connectivity index (χ0n) is 14.5. The molecule has 1 aliphatic heterocycles. The van der Waals surface area contributed by atoms with Gasteiger partial charge in [0.15, 0.2) is 0 Å². The molecule has 0 bridgehead atoms. The minimum atomic E-state index is -0.129. The molecule has 0 saturated carbocycles. The maximum atomic E-state index is 11.9. The molecule has 1 aromatic heterocycles. The maximum Gasteiger partial charge on any atom is 0.319 e. The number of nitrogens with zero attached hydrogens (tertiary/aromatic N) is 2. The molecular weight excluding hydrogens is 312 g/mol. The molecule has 1 saturated heterocycles. The van der Waals surface area contributed by atoms with Crippen molar-refractivity contribution in [2.75, 3.05) is 25.0 Å². The van der Waals surface area contributed by atoms with Crippen molar-refractivity contribution in [1.82, 2.24) is 15.2 Å². The molecule has 3 rings (SSSR count). The van der Waals surface area contributed by atoms with E-state index in [1.807, 2.05) is 42.7 Å². The minimum absolute atomic E-state index is 0.129. The lowest BCUT2D eigenvalue weighted by Crippen LogP contribution is -2.37. The summed E-state index contributed by atoms with van der Waals surface area (Å²) in [6, 6.07) is 13.6. The van der Waals surface area contributed by atoms with Gasteiger partial charge in [0.2, 0.25) is 0 Å². The number of benzene rings is 1. The van der Waals surface area contributed by atoms with Crippen LogP contribution < -0.4 is 10.6 Å². The Balaban J connectivity index is 1.37. The van der Waals surface area contributed by atoms with Crippen molar-refractivity contribution in [2.45, 2.75) is 25.8 Å². The lowest BCUT2D eigenvalue weighted by atomic mass is 9.94. The van der Waals surface area contributed by atoms with Gasteiger partial charge in [-0.2, -0.15) is 0 Å². The third kappa shape index (κ3) is 5.87. The van der Waals surface area contributed by atoms with Crippen molar-refractivity contribution in [1.29, 1.82) is 0 Å². The number of carbonyl (C=O) groups excluding carboxylic acids is 1. The first-order chi connectivity index (χ1) is 12.3. The van der Waals surface area contributed by atoms with E-state index in [0.29, 0.717) is 12.5 Å². The zero-order chi connectivity index (χ0) is 17.3. The molecule has 0 spiro atoms. The molecule has 1 aliphatic rings. The number of para-hydroxylation sites is 1. The molecule has 1 atom stereocenters. The molecule has 1 aromatic carbocycles. The summed E-state index contributed by atoms with van der Waals surface area (Å²) in [5.41, 5.74) is 2.14. The fourth-order valence-corrected chi connectivity index (χ4v) is 3.36. The number of pyridine rings is 1. The second-order valence-electron chi connectivity index (χ2n) is 6.63. The van der Waals surface area contributed by atoms with E-state index in [-0.39, 0.29) is 6.03 Å². The summed E-state index contributed by atoms with van der Waals surface area (Å²) >= 11 is 0. The predicted octanol–water partition coefficient (Wildman–Crippen LogP) is 3.51. The highest BCUT2D eigenvalue weighted by Gasteiger charge is 2.19. The van der Waals surface area contributed by atoms with Crippen LogP contribution in [-0.2, 0) is 6.54 Å². The molecule has 25 heavy (non-hydrogen) atoms. The number of likely N-dealkylation sites (tertiary alicyclic amines) is 1. The topological polar surface area (TPSA) is 57.3 Å². The predicted molar refractivity (Wildman–Crippen MR) is 100 cm³/mol. The third-order valence-electron chi connectivity index (χ3n) is 4.63. The van der Waals surface area contributed by atoms with E-state index in [0.717, 1.165) is 31.7 Å². The van der Waals surface area contributed by atoms with Crippen LogP contribution in [0.15, 0.2) is 54.9 Å². The van der Waals surface area contributed by atoms with Gasteiger partial charge in [-0.05, 0) is 61.6 Å². The van der Waals surface area contributed by atoms with E-state index in [4.69, 9.17) is 0 Å². The number of amides is 2. The molecule has 2 N–H and O–H groups in total. The summed E-state index contributed by atoms with van der Waals surface area (Å²) in [5.74, 6) is 0.646. The molecule has 1 fully saturated rings. The van der Waals surface area contributed by atoms with E-state index < -0.39 is 0 Å². The Morgan fingerprint density at radius 1 is 1.16 bits per heavy atom. The monoisotopic (exact) mass is 338 g/mol. The first-order valence-electron chi connectivity index (χ1n) is 9.01. The SMILES string of the molecule is O=C(NCC[C@@H]1CCCN(Cc2ccncc2)C1)Nc1ccccc1. The summed E-state index contributed by atoms with van der Waals surface area (Å²) < 4.78 is 0. The Bertz CT molecular complexity index is 647. The van der Waals surface area contributed by atoms with Crippen LogP contribution in [0.1, 0.15) is 24.8 Å². The quantitative estimate of drug-likeness (QED) is 0.847. The third-order valence-corrected chi connectivity index (χ3v) is 4.63. The Morgan fingerprint density at radius 2 is 1.96 bits per heavy atom. The van der Waals surface area contributed by atoms with Crippen molar-refractivity contribution in [2.24, 2.45) is 5.92 Å². The molecule has 0 aliphatic carbocycles. The number of urea groups is 1. The van der Waals surface area contributed by atoms with Gasteiger partial charge in [0.05, 0.1) is 0 Å². The van der Waals surface area contributed by atoms with Crippen LogP contribution in [0.4, 0.5) is 10.5 Å². The number of rotatable bonds is 6. The highest BCUT2D eigenvalue weighted by Crippen LogP contribution is 2.20. The van der Waals surface area contributed by atoms with Crippen LogP contribution >= 0.6 is 0 Å². The molecule has 5 heteroatoms. The van der Waals surface area contributed by atoms with Crippen molar-refractivity contribution in [3.8, 4) is 0 Å². The summed E-state index contributed by atoms with van der Waals surface area (Å²) in [4.78, 5) is 18.5. The first-order valence-corrected chi connectivity index (χ1v) is 9.01. The number of anilines is 1. The molecule has 5 nitrogen and oxygen atoms in total. The number of nitrogens with one attached hydrogen (secondary N) is 2. The van der Waals surface area contributed by atoms with E-state index in [9.17, 15) is 4.79 Å². The second kappa shape index (κ2) is 9.18. The number of hydrogen-bond donors (Lipinski definition) is 2. The van der Waals surface area contributed by atoms with Gasteiger partial charge in [-0.15, -0.1) is 0 Å². The average Bonchev–Trinajstić information content (AvgIpc) is 2.64. The fourth-order valence-electron chi connectivity index (χ4n) is 3.36. The van der Waals surface area contributed by atoms with Crippen LogP contribution in [-0.4, -0.2) is 35.5 Å². The van der Waals surface area contributed by atoms with Gasteiger partial charge < -0.3 is 10.6 Å². The minimum Gasteiger partial charge on any atom is -0.338 e. The van der Waals surface area contributed by atoms with E-state index in [1.54, 1.807) is 0 Å². The van der Waals surface area contributed by atoms with Gasteiger partial charge in [-0.3, -0.25) is 9.88 Å². The lowest BCUT2D eigenvalue weighted by molar-refractivity contribution is 0.161. The normalized spacial score (nSPS) is 17.8. The molecule has 2 aromatic rings. The van der Waals surface area contributed by atoms with E-state index in [2.05, 4.69) is 32.7 Å². The average molecular weight is 338 g/mol. The standard InChI is InChI=1S/C20H26N4O/c25-20(23-19-6-2-1-3-7-19)22-13-10-17-5-4-14-24(15-17)16-18-8-11-21-12-9-18/h1-3,6-9,11-12,17H,4-5,10,13-16H2,(H2,22,23,25)/t17-/m0/s1. The van der Waals surface area contributed by atoms with Crippen molar-refractivity contribution in [3.05, 3.63) is 60.4 Å². The first kappa shape index (κ1) is 17.4. The summed E-state index contributed by atoms with van der Waals surface area (Å²) in [7, 11) is 0. The number of aromatic nitrogens is 1. The van der Waals surface area contributed by atoms with Crippen LogP contribution in [0.25, 0.3) is 0 Å². The Labute approximate surface area is 149 Å².